The first kappa shape index (κ1) is 18.1. The van der Waals surface area contributed by atoms with Crippen LogP contribution >= 0.6 is 0 Å². The van der Waals surface area contributed by atoms with Gasteiger partial charge in [0, 0.05) is 19.3 Å². The molecule has 0 aliphatic carbocycles. The van der Waals surface area contributed by atoms with Gasteiger partial charge in [-0.3, -0.25) is 4.79 Å². The lowest BCUT2D eigenvalue weighted by atomic mass is 10.1. The number of rotatable bonds is 6. The fourth-order valence-electron chi connectivity index (χ4n) is 2.89. The highest BCUT2D eigenvalue weighted by Gasteiger charge is 2.24. The monoisotopic (exact) mass is 359 g/mol. The number of nitrogens with zero attached hydrogens (tertiary/aromatic N) is 2. The average Bonchev–Trinajstić information content (AvgIpc) is 2.66. The van der Waals surface area contributed by atoms with Crippen molar-refractivity contribution in [3.05, 3.63) is 54.0 Å². The molecule has 7 heteroatoms. The highest BCUT2D eigenvalue weighted by atomic mass is 19.1. The largest absolute Gasteiger partial charge is 0.481 e. The Morgan fingerprint density at radius 2 is 2.23 bits per heavy atom. The summed E-state index contributed by atoms with van der Waals surface area (Å²) >= 11 is 0. The molecule has 0 saturated carbocycles. The molecule has 26 heavy (non-hydrogen) atoms. The smallest absolute Gasteiger partial charge is 0.260 e. The lowest BCUT2D eigenvalue weighted by molar-refractivity contribution is -0.141. The molecule has 1 saturated heterocycles. The van der Waals surface area contributed by atoms with Gasteiger partial charge in [0.05, 0.1) is 12.7 Å². The number of aryl methyl sites for hydroxylation is 1. The number of anilines is 1. The van der Waals surface area contributed by atoms with Crippen molar-refractivity contribution >= 4 is 11.7 Å². The molecule has 0 unspecified atom stereocenters. The molecule has 138 valence electrons. The van der Waals surface area contributed by atoms with Crippen molar-refractivity contribution in [3.8, 4) is 5.75 Å². The molecule has 1 aliphatic heterocycles. The number of hydrogen-bond acceptors (Lipinski definition) is 5. The van der Waals surface area contributed by atoms with Gasteiger partial charge in [-0.1, -0.05) is 12.1 Å². The number of pyridine rings is 1. The van der Waals surface area contributed by atoms with Crippen molar-refractivity contribution in [2.24, 2.45) is 0 Å². The Bertz CT molecular complexity index is 756. The van der Waals surface area contributed by atoms with Crippen molar-refractivity contribution in [3.63, 3.8) is 0 Å². The Kier molecular flexibility index (Phi) is 6.01. The summed E-state index contributed by atoms with van der Waals surface area (Å²) in [5, 5.41) is 0. The third-order valence-corrected chi connectivity index (χ3v) is 4.28. The molecule has 1 aromatic heterocycles. The molecule has 1 aromatic carbocycles. The second-order valence-corrected chi connectivity index (χ2v) is 6.18. The van der Waals surface area contributed by atoms with Crippen molar-refractivity contribution in [2.75, 3.05) is 32.0 Å². The van der Waals surface area contributed by atoms with Gasteiger partial charge in [-0.15, -0.1) is 0 Å². The minimum absolute atomic E-state index is 0.0458. The fraction of sp³-hybridized carbons (Fsp3) is 0.368. The second kappa shape index (κ2) is 8.62. The molecular formula is C19H22FN3O3. The molecule has 2 aromatic rings. The molecule has 1 fully saturated rings. The molecule has 1 aliphatic rings. The predicted octanol–water partition coefficient (Wildman–Crippen LogP) is 2.04. The van der Waals surface area contributed by atoms with E-state index in [1.54, 1.807) is 23.2 Å². The number of benzene rings is 1. The van der Waals surface area contributed by atoms with E-state index in [-0.39, 0.29) is 24.4 Å². The van der Waals surface area contributed by atoms with Crippen LogP contribution in [0.15, 0.2) is 42.6 Å². The maximum atomic E-state index is 13.6. The Balaban J connectivity index is 1.48. The van der Waals surface area contributed by atoms with Crippen molar-refractivity contribution < 1.29 is 18.7 Å². The molecule has 0 spiro atoms. The Hall–Kier alpha value is -2.67. The lowest BCUT2D eigenvalue weighted by Crippen LogP contribution is -2.47. The van der Waals surface area contributed by atoms with Gasteiger partial charge in [-0.2, -0.15) is 0 Å². The first-order chi connectivity index (χ1) is 12.6. The Morgan fingerprint density at radius 3 is 3.04 bits per heavy atom. The van der Waals surface area contributed by atoms with Gasteiger partial charge in [0.1, 0.15) is 5.82 Å². The number of carbonyl (C=O) groups excluding carboxylic acids is 1. The number of hydrogen-bond donors (Lipinski definition) is 1. The van der Waals surface area contributed by atoms with Gasteiger partial charge in [-0.05, 0) is 42.7 Å². The molecular weight excluding hydrogens is 337 g/mol. The van der Waals surface area contributed by atoms with Crippen LogP contribution in [0.5, 0.6) is 5.75 Å². The number of carbonyl (C=O) groups is 1. The highest BCUT2D eigenvalue weighted by Crippen LogP contribution is 2.17. The molecule has 1 amide bonds. The SMILES string of the molecule is Nc1cc(CC[C@H]2CN(C(=O)COc3ccccc3F)CCO2)ccn1. The van der Waals surface area contributed by atoms with Crippen LogP contribution in [0.1, 0.15) is 12.0 Å². The lowest BCUT2D eigenvalue weighted by Gasteiger charge is -2.33. The van der Waals surface area contributed by atoms with E-state index in [2.05, 4.69) is 4.98 Å². The Labute approximate surface area is 151 Å². The summed E-state index contributed by atoms with van der Waals surface area (Å²) in [7, 11) is 0. The average molecular weight is 359 g/mol. The minimum atomic E-state index is -0.475. The van der Waals surface area contributed by atoms with E-state index in [0.29, 0.717) is 25.5 Å². The van der Waals surface area contributed by atoms with E-state index in [0.717, 1.165) is 18.4 Å². The van der Waals surface area contributed by atoms with E-state index >= 15 is 0 Å². The van der Waals surface area contributed by atoms with E-state index in [9.17, 15) is 9.18 Å². The number of aromatic nitrogens is 1. The van der Waals surface area contributed by atoms with Gasteiger partial charge in [0.15, 0.2) is 18.2 Å². The zero-order valence-electron chi connectivity index (χ0n) is 14.4. The van der Waals surface area contributed by atoms with Gasteiger partial charge in [0.25, 0.3) is 5.91 Å². The van der Waals surface area contributed by atoms with Crippen LogP contribution < -0.4 is 10.5 Å². The summed E-state index contributed by atoms with van der Waals surface area (Å²) in [6, 6.07) is 9.81. The number of ether oxygens (including phenoxy) is 2. The number of morpholine rings is 1. The maximum absolute atomic E-state index is 13.6. The standard InChI is InChI=1S/C19H22FN3O3/c20-16-3-1-2-4-17(16)26-13-19(24)23-9-10-25-15(12-23)6-5-14-7-8-22-18(21)11-14/h1-4,7-8,11,15H,5-6,9-10,12-13H2,(H2,21,22)/t15-/m0/s1. The van der Waals surface area contributed by atoms with Crippen LogP contribution in [-0.4, -0.2) is 48.2 Å². The van der Waals surface area contributed by atoms with E-state index in [1.807, 2.05) is 12.1 Å². The number of nitrogens with two attached hydrogens (primary N) is 1. The summed E-state index contributed by atoms with van der Waals surface area (Å²) in [5.74, 6) is -0.0680. The fourth-order valence-corrected chi connectivity index (χ4v) is 2.89. The molecule has 0 bridgehead atoms. The second-order valence-electron chi connectivity index (χ2n) is 6.18. The van der Waals surface area contributed by atoms with Gasteiger partial charge >= 0.3 is 0 Å². The number of amides is 1. The first-order valence-corrected chi connectivity index (χ1v) is 8.59. The summed E-state index contributed by atoms with van der Waals surface area (Å²) in [6.07, 6.45) is 3.21. The highest BCUT2D eigenvalue weighted by molar-refractivity contribution is 5.77. The maximum Gasteiger partial charge on any atom is 0.260 e. The Morgan fingerprint density at radius 1 is 1.38 bits per heavy atom. The molecule has 6 nitrogen and oxygen atoms in total. The van der Waals surface area contributed by atoms with Gasteiger partial charge in [-0.25, -0.2) is 9.37 Å². The summed E-state index contributed by atoms with van der Waals surface area (Å²) < 4.78 is 24.6. The number of para-hydroxylation sites is 1. The molecule has 2 N–H and O–H groups in total. The molecule has 2 heterocycles. The van der Waals surface area contributed by atoms with Crippen LogP contribution in [0.3, 0.4) is 0 Å². The van der Waals surface area contributed by atoms with Crippen molar-refractivity contribution in [1.82, 2.24) is 9.88 Å². The summed E-state index contributed by atoms with van der Waals surface area (Å²) in [6.45, 7) is 1.31. The number of nitrogen functional groups attached to an aromatic ring is 1. The van der Waals surface area contributed by atoms with Gasteiger partial charge < -0.3 is 20.1 Å². The van der Waals surface area contributed by atoms with Crippen LogP contribution in [0.25, 0.3) is 0 Å². The van der Waals surface area contributed by atoms with Crippen LogP contribution in [0.4, 0.5) is 10.2 Å². The molecule has 0 radical (unpaired) electrons. The van der Waals surface area contributed by atoms with E-state index in [1.165, 1.54) is 12.1 Å². The van der Waals surface area contributed by atoms with Crippen LogP contribution in [0, 0.1) is 5.82 Å². The zero-order chi connectivity index (χ0) is 18.4. The zero-order valence-corrected chi connectivity index (χ0v) is 14.4. The normalized spacial score (nSPS) is 17.1. The minimum Gasteiger partial charge on any atom is -0.481 e. The molecule has 3 rings (SSSR count). The van der Waals surface area contributed by atoms with Crippen LogP contribution in [-0.2, 0) is 16.0 Å². The summed E-state index contributed by atoms with van der Waals surface area (Å²) in [5.41, 5.74) is 6.78. The summed E-state index contributed by atoms with van der Waals surface area (Å²) in [4.78, 5) is 18.0. The van der Waals surface area contributed by atoms with Gasteiger partial charge in [0.2, 0.25) is 0 Å². The predicted molar refractivity (Wildman–Crippen MR) is 95.2 cm³/mol. The first-order valence-electron chi connectivity index (χ1n) is 8.59. The number of halogens is 1. The van der Waals surface area contributed by atoms with Crippen molar-refractivity contribution in [2.45, 2.75) is 18.9 Å². The van der Waals surface area contributed by atoms with E-state index < -0.39 is 5.82 Å². The van der Waals surface area contributed by atoms with Crippen molar-refractivity contribution in [1.29, 1.82) is 0 Å². The third-order valence-electron chi connectivity index (χ3n) is 4.28. The van der Waals surface area contributed by atoms with E-state index in [4.69, 9.17) is 15.2 Å². The molecule has 1 atom stereocenters. The van der Waals surface area contributed by atoms with Crippen LogP contribution in [0.2, 0.25) is 0 Å². The third kappa shape index (κ3) is 4.92. The topological polar surface area (TPSA) is 77.7 Å². The quantitative estimate of drug-likeness (QED) is 0.854.